The van der Waals surface area contributed by atoms with Crippen molar-refractivity contribution in [2.45, 2.75) is 32.6 Å². The van der Waals surface area contributed by atoms with Gasteiger partial charge in [-0.15, -0.1) is 0 Å². The summed E-state index contributed by atoms with van der Waals surface area (Å²) in [6.45, 7) is 2.17. The highest BCUT2D eigenvalue weighted by atomic mass is 14.0. The van der Waals surface area contributed by atoms with Crippen molar-refractivity contribution in [2.75, 3.05) is 0 Å². The van der Waals surface area contributed by atoms with Crippen LogP contribution in [0.2, 0.25) is 0 Å². The first-order chi connectivity index (χ1) is 5.43. The van der Waals surface area contributed by atoms with Crippen LogP contribution in [0.4, 0.5) is 0 Å². The van der Waals surface area contributed by atoms with E-state index in [-0.39, 0.29) is 0 Å². The lowest BCUT2D eigenvalue weighted by Crippen LogP contribution is -1.76. The van der Waals surface area contributed by atoms with Gasteiger partial charge >= 0.3 is 0 Å². The zero-order chi connectivity index (χ0) is 7.94. The maximum absolute atomic E-state index is 2.25. The summed E-state index contributed by atoms with van der Waals surface area (Å²) in [6, 6.07) is 0. The molecular weight excluding hydrogens is 132 g/mol. The van der Waals surface area contributed by atoms with Gasteiger partial charge in [0.15, 0.2) is 0 Å². The summed E-state index contributed by atoms with van der Waals surface area (Å²) >= 11 is 0. The fourth-order valence-corrected chi connectivity index (χ4v) is 1.20. The summed E-state index contributed by atoms with van der Waals surface area (Å²) in [6.07, 6.45) is 16.0. The van der Waals surface area contributed by atoms with Crippen molar-refractivity contribution in [3.63, 3.8) is 0 Å². The van der Waals surface area contributed by atoms with Crippen molar-refractivity contribution in [3.8, 4) is 0 Å². The van der Waals surface area contributed by atoms with Gasteiger partial charge in [-0.25, -0.2) is 0 Å². The third-order valence-corrected chi connectivity index (χ3v) is 1.85. The van der Waals surface area contributed by atoms with Crippen LogP contribution in [-0.2, 0) is 0 Å². The van der Waals surface area contributed by atoms with E-state index in [0.717, 1.165) is 6.42 Å². The molecule has 0 bridgehead atoms. The molecule has 0 spiro atoms. The first kappa shape index (κ1) is 8.32. The Kier molecular flexibility index (Phi) is 3.74. The second-order valence-corrected chi connectivity index (χ2v) is 2.87. The predicted molar refractivity (Wildman–Crippen MR) is 50.5 cm³/mol. The van der Waals surface area contributed by atoms with Gasteiger partial charge in [-0.1, -0.05) is 37.3 Å². The molecule has 0 atom stereocenters. The van der Waals surface area contributed by atoms with Crippen molar-refractivity contribution < 1.29 is 0 Å². The quantitative estimate of drug-likeness (QED) is 0.561. The van der Waals surface area contributed by atoms with E-state index in [1.54, 1.807) is 0 Å². The SMILES string of the molecule is CCC=CC1=CC=CCCC1. The Morgan fingerprint density at radius 3 is 3.27 bits per heavy atom. The highest BCUT2D eigenvalue weighted by Crippen LogP contribution is 2.13. The first-order valence-corrected chi connectivity index (χ1v) is 4.45. The lowest BCUT2D eigenvalue weighted by atomic mass is 10.1. The molecule has 0 radical (unpaired) electrons. The van der Waals surface area contributed by atoms with Gasteiger partial charge in [0.1, 0.15) is 0 Å². The zero-order valence-electron chi connectivity index (χ0n) is 7.22. The van der Waals surface area contributed by atoms with Crippen LogP contribution in [0.3, 0.4) is 0 Å². The van der Waals surface area contributed by atoms with E-state index in [4.69, 9.17) is 0 Å². The maximum atomic E-state index is 2.25. The summed E-state index contributed by atoms with van der Waals surface area (Å²) in [4.78, 5) is 0. The van der Waals surface area contributed by atoms with E-state index >= 15 is 0 Å². The number of hydrogen-bond acceptors (Lipinski definition) is 0. The Balaban J connectivity index is 2.49. The van der Waals surface area contributed by atoms with Gasteiger partial charge in [0.2, 0.25) is 0 Å². The van der Waals surface area contributed by atoms with E-state index in [2.05, 4.69) is 37.3 Å². The molecule has 1 aliphatic rings. The number of rotatable bonds is 2. The van der Waals surface area contributed by atoms with Crippen LogP contribution >= 0.6 is 0 Å². The molecule has 1 rings (SSSR count). The monoisotopic (exact) mass is 148 g/mol. The Bertz CT molecular complexity index is 182. The van der Waals surface area contributed by atoms with Gasteiger partial charge in [0, 0.05) is 0 Å². The predicted octanol–water partition coefficient (Wildman–Crippen LogP) is 3.62. The average molecular weight is 148 g/mol. The number of hydrogen-bond donors (Lipinski definition) is 0. The normalized spacial score (nSPS) is 18.5. The molecule has 0 aliphatic heterocycles. The average Bonchev–Trinajstić information content (AvgIpc) is 2.28. The Morgan fingerprint density at radius 2 is 2.45 bits per heavy atom. The highest BCUT2D eigenvalue weighted by Gasteiger charge is 1.93. The van der Waals surface area contributed by atoms with Gasteiger partial charge in [-0.2, -0.15) is 0 Å². The minimum atomic E-state index is 1.14. The number of allylic oxidation sites excluding steroid dienone is 6. The molecule has 0 saturated heterocycles. The minimum Gasteiger partial charge on any atom is -0.0845 e. The fourth-order valence-electron chi connectivity index (χ4n) is 1.20. The van der Waals surface area contributed by atoms with Gasteiger partial charge < -0.3 is 0 Å². The van der Waals surface area contributed by atoms with Crippen molar-refractivity contribution >= 4 is 0 Å². The summed E-state index contributed by atoms with van der Waals surface area (Å²) in [5, 5.41) is 0. The van der Waals surface area contributed by atoms with Gasteiger partial charge in [-0.05, 0) is 31.3 Å². The van der Waals surface area contributed by atoms with Gasteiger partial charge in [-0.3, -0.25) is 0 Å². The standard InChI is InChI=1S/C11H16/c1-2-3-8-11-9-6-4-5-7-10-11/h3-4,6,8-9H,2,5,7,10H2,1H3. The van der Waals surface area contributed by atoms with Crippen LogP contribution < -0.4 is 0 Å². The van der Waals surface area contributed by atoms with Crippen LogP contribution in [0, 0.1) is 0 Å². The van der Waals surface area contributed by atoms with Gasteiger partial charge in [0.25, 0.3) is 0 Å². The molecule has 0 aromatic rings. The lowest BCUT2D eigenvalue weighted by molar-refractivity contribution is 0.854. The molecule has 0 heteroatoms. The smallest absolute Gasteiger partial charge is 0.0276 e. The summed E-state index contributed by atoms with van der Waals surface area (Å²) < 4.78 is 0. The Morgan fingerprint density at radius 1 is 1.55 bits per heavy atom. The van der Waals surface area contributed by atoms with Crippen molar-refractivity contribution in [1.82, 2.24) is 0 Å². The molecule has 0 amide bonds. The fraction of sp³-hybridized carbons (Fsp3) is 0.455. The van der Waals surface area contributed by atoms with Crippen LogP contribution in [0.25, 0.3) is 0 Å². The molecule has 0 nitrogen and oxygen atoms in total. The molecule has 0 aromatic heterocycles. The third kappa shape index (κ3) is 3.22. The second-order valence-electron chi connectivity index (χ2n) is 2.87. The van der Waals surface area contributed by atoms with Crippen molar-refractivity contribution in [1.29, 1.82) is 0 Å². The van der Waals surface area contributed by atoms with E-state index in [1.165, 1.54) is 24.8 Å². The zero-order valence-corrected chi connectivity index (χ0v) is 7.22. The second kappa shape index (κ2) is 4.95. The van der Waals surface area contributed by atoms with Crippen molar-refractivity contribution in [2.24, 2.45) is 0 Å². The molecule has 0 aromatic carbocycles. The molecule has 0 heterocycles. The largest absolute Gasteiger partial charge is 0.0845 e. The van der Waals surface area contributed by atoms with Crippen LogP contribution in [0.1, 0.15) is 32.6 Å². The summed E-state index contributed by atoms with van der Waals surface area (Å²) in [7, 11) is 0. The van der Waals surface area contributed by atoms with E-state index in [1.807, 2.05) is 0 Å². The summed E-state index contributed by atoms with van der Waals surface area (Å²) in [5.41, 5.74) is 1.47. The summed E-state index contributed by atoms with van der Waals surface area (Å²) in [5.74, 6) is 0. The van der Waals surface area contributed by atoms with Gasteiger partial charge in [0.05, 0.1) is 0 Å². The van der Waals surface area contributed by atoms with E-state index in [0.29, 0.717) is 0 Å². The van der Waals surface area contributed by atoms with Crippen LogP contribution in [0.5, 0.6) is 0 Å². The minimum absolute atomic E-state index is 1.14. The molecule has 0 unspecified atom stereocenters. The molecule has 0 saturated carbocycles. The molecule has 0 N–H and O–H groups in total. The lowest BCUT2D eigenvalue weighted by Gasteiger charge is -1.95. The van der Waals surface area contributed by atoms with Crippen molar-refractivity contribution in [3.05, 3.63) is 36.0 Å². The first-order valence-electron chi connectivity index (χ1n) is 4.45. The third-order valence-electron chi connectivity index (χ3n) is 1.85. The van der Waals surface area contributed by atoms with Crippen LogP contribution in [-0.4, -0.2) is 0 Å². The van der Waals surface area contributed by atoms with Crippen LogP contribution in [0.15, 0.2) is 36.0 Å². The van der Waals surface area contributed by atoms with E-state index < -0.39 is 0 Å². The molecule has 1 aliphatic carbocycles. The molecule has 0 fully saturated rings. The topological polar surface area (TPSA) is 0 Å². The molecular formula is C11H16. The maximum Gasteiger partial charge on any atom is -0.0276 e. The van der Waals surface area contributed by atoms with E-state index in [9.17, 15) is 0 Å². The molecule has 11 heavy (non-hydrogen) atoms. The Hall–Kier alpha value is -0.780. The Labute approximate surface area is 69.3 Å². The molecule has 60 valence electrons. The highest BCUT2D eigenvalue weighted by molar-refractivity contribution is 5.25.